The van der Waals surface area contributed by atoms with Crippen molar-refractivity contribution in [2.24, 2.45) is 0 Å². The summed E-state index contributed by atoms with van der Waals surface area (Å²) in [6.45, 7) is 9.21. The highest BCUT2D eigenvalue weighted by atomic mass is 32.2. The molecule has 0 amide bonds. The minimum absolute atomic E-state index is 0.733. The summed E-state index contributed by atoms with van der Waals surface area (Å²) in [6, 6.07) is 28.0. The molecule has 0 unspecified atom stereocenters. The molecule has 0 saturated carbocycles. The van der Waals surface area contributed by atoms with Gasteiger partial charge in [0.15, 0.2) is 0 Å². The van der Waals surface area contributed by atoms with E-state index in [2.05, 4.69) is 81.8 Å². The quantitative estimate of drug-likeness (QED) is 0.136. The Morgan fingerprint density at radius 3 is 1.93 bits per heavy atom. The van der Waals surface area contributed by atoms with Crippen LogP contribution in [0.25, 0.3) is 0 Å². The highest BCUT2D eigenvalue weighted by Crippen LogP contribution is 2.27. The molecule has 7 heteroatoms. The molecule has 0 spiro atoms. The van der Waals surface area contributed by atoms with Gasteiger partial charge >= 0.3 is 0 Å². The lowest BCUT2D eigenvalue weighted by Gasteiger charge is -2.33. The van der Waals surface area contributed by atoms with Crippen LogP contribution < -0.4 is 14.8 Å². The Morgan fingerprint density at radius 2 is 1.33 bits per heavy atom. The van der Waals surface area contributed by atoms with Gasteiger partial charge in [0.1, 0.15) is 11.5 Å². The van der Waals surface area contributed by atoms with Crippen LogP contribution in [0.15, 0.2) is 78.9 Å². The number of ether oxygens (including phenoxy) is 2. The van der Waals surface area contributed by atoms with Gasteiger partial charge in [-0.1, -0.05) is 54.6 Å². The third kappa shape index (κ3) is 12.8. The summed E-state index contributed by atoms with van der Waals surface area (Å²) >= 11 is 4.02. The molecule has 1 aliphatic heterocycles. The van der Waals surface area contributed by atoms with Gasteiger partial charge in [-0.15, -0.1) is 0 Å². The Morgan fingerprint density at radius 1 is 0.721 bits per heavy atom. The van der Waals surface area contributed by atoms with Crippen LogP contribution in [0.3, 0.4) is 0 Å². The molecule has 0 bridgehead atoms. The summed E-state index contributed by atoms with van der Waals surface area (Å²) in [4.78, 5) is 5.36. The van der Waals surface area contributed by atoms with Gasteiger partial charge in [-0.25, -0.2) is 0 Å². The molecule has 0 aromatic heterocycles. The molecule has 234 valence electrons. The first kappa shape index (κ1) is 33.7. The Hall–Kier alpha value is -2.16. The standard InChI is InChI=1S/C36H51N3O2S2/c1-40-35-13-9-31(10-14-35)29-42-27-20-37-19-25-39(26-28-43-30-32-11-15-36(41-2)16-12-32)22-6-21-38-23-17-34(18-24-38)33-7-4-3-5-8-33/h3-5,7-16,34,37H,6,17-30H2,1-2H3. The largest absolute Gasteiger partial charge is 0.497 e. The highest BCUT2D eigenvalue weighted by Gasteiger charge is 2.20. The molecule has 1 heterocycles. The smallest absolute Gasteiger partial charge is 0.118 e. The third-order valence-corrected chi connectivity index (χ3v) is 10.3. The summed E-state index contributed by atoms with van der Waals surface area (Å²) in [5, 5.41) is 3.70. The number of hydrogen-bond acceptors (Lipinski definition) is 7. The van der Waals surface area contributed by atoms with E-state index in [1.54, 1.807) is 14.2 Å². The number of hydrogen-bond donors (Lipinski definition) is 1. The van der Waals surface area contributed by atoms with Crippen molar-refractivity contribution in [3.63, 3.8) is 0 Å². The Kier molecular flexibility index (Phi) is 15.7. The van der Waals surface area contributed by atoms with E-state index in [4.69, 9.17) is 9.47 Å². The number of nitrogens with zero attached hydrogens (tertiary/aromatic N) is 2. The number of nitrogens with one attached hydrogen (secondary N) is 1. The summed E-state index contributed by atoms with van der Waals surface area (Å²) in [6.07, 6.45) is 3.82. The van der Waals surface area contributed by atoms with Crippen molar-refractivity contribution in [3.8, 4) is 11.5 Å². The highest BCUT2D eigenvalue weighted by molar-refractivity contribution is 7.98. The maximum Gasteiger partial charge on any atom is 0.118 e. The lowest BCUT2D eigenvalue weighted by Crippen LogP contribution is -2.38. The minimum Gasteiger partial charge on any atom is -0.497 e. The van der Waals surface area contributed by atoms with Crippen molar-refractivity contribution in [1.29, 1.82) is 0 Å². The Bertz CT molecular complexity index is 1120. The summed E-state index contributed by atoms with van der Waals surface area (Å²) < 4.78 is 10.6. The fraction of sp³-hybridized carbons (Fsp3) is 0.500. The van der Waals surface area contributed by atoms with Gasteiger partial charge in [-0.2, -0.15) is 23.5 Å². The molecule has 5 nitrogen and oxygen atoms in total. The lowest BCUT2D eigenvalue weighted by molar-refractivity contribution is 0.194. The molecule has 4 rings (SSSR count). The van der Waals surface area contributed by atoms with Crippen molar-refractivity contribution in [2.75, 3.05) is 78.1 Å². The van der Waals surface area contributed by atoms with E-state index < -0.39 is 0 Å². The van der Waals surface area contributed by atoms with Gasteiger partial charge in [0.2, 0.25) is 0 Å². The maximum atomic E-state index is 5.30. The molecule has 1 aliphatic rings. The first-order chi connectivity index (χ1) is 21.2. The predicted molar refractivity (Wildman–Crippen MR) is 187 cm³/mol. The normalized spacial score (nSPS) is 14.3. The molecule has 0 radical (unpaired) electrons. The zero-order valence-corrected chi connectivity index (χ0v) is 27.8. The van der Waals surface area contributed by atoms with E-state index in [0.717, 1.165) is 66.6 Å². The van der Waals surface area contributed by atoms with Crippen LogP contribution >= 0.6 is 23.5 Å². The van der Waals surface area contributed by atoms with Gasteiger partial charge in [0.25, 0.3) is 0 Å². The predicted octanol–water partition coefficient (Wildman–Crippen LogP) is 7.03. The zero-order chi connectivity index (χ0) is 30.0. The maximum absolute atomic E-state index is 5.30. The van der Waals surface area contributed by atoms with Gasteiger partial charge in [0, 0.05) is 49.2 Å². The van der Waals surface area contributed by atoms with Crippen molar-refractivity contribution in [3.05, 3.63) is 95.6 Å². The van der Waals surface area contributed by atoms with Crippen molar-refractivity contribution in [2.45, 2.75) is 36.7 Å². The van der Waals surface area contributed by atoms with Gasteiger partial charge in [0.05, 0.1) is 14.2 Å². The van der Waals surface area contributed by atoms with E-state index in [-0.39, 0.29) is 0 Å². The second kappa shape index (κ2) is 20.0. The van der Waals surface area contributed by atoms with E-state index >= 15 is 0 Å². The molecule has 1 fully saturated rings. The molecule has 3 aromatic rings. The number of thioether (sulfide) groups is 2. The van der Waals surface area contributed by atoms with Crippen LogP contribution in [0.1, 0.15) is 41.9 Å². The average Bonchev–Trinajstić information content (AvgIpc) is 3.07. The van der Waals surface area contributed by atoms with Crippen LogP contribution in [0.2, 0.25) is 0 Å². The molecule has 0 aliphatic carbocycles. The minimum atomic E-state index is 0.733. The first-order valence-electron chi connectivity index (χ1n) is 15.8. The van der Waals surface area contributed by atoms with Crippen molar-refractivity contribution < 1.29 is 9.47 Å². The molecule has 3 aromatic carbocycles. The van der Waals surface area contributed by atoms with E-state index in [1.807, 2.05) is 35.7 Å². The number of piperidine rings is 1. The summed E-state index contributed by atoms with van der Waals surface area (Å²) in [7, 11) is 3.44. The van der Waals surface area contributed by atoms with Crippen molar-refractivity contribution >= 4 is 23.5 Å². The first-order valence-corrected chi connectivity index (χ1v) is 18.2. The number of likely N-dealkylation sites (tertiary alicyclic amines) is 1. The van der Waals surface area contributed by atoms with Crippen LogP contribution in [-0.4, -0.2) is 87.9 Å². The van der Waals surface area contributed by atoms with Crippen molar-refractivity contribution in [1.82, 2.24) is 15.1 Å². The Balaban J connectivity index is 1.13. The third-order valence-electron chi connectivity index (χ3n) is 8.24. The number of methoxy groups -OCH3 is 2. The van der Waals surface area contributed by atoms with Crippen LogP contribution in [0.5, 0.6) is 11.5 Å². The SMILES string of the molecule is COc1ccc(CSCCNCCN(CCCN2CCC(c3ccccc3)CC2)CCSCc2ccc(OC)cc2)cc1. The average molecular weight is 622 g/mol. The molecular formula is C36H51N3O2S2. The fourth-order valence-electron chi connectivity index (χ4n) is 5.59. The summed E-state index contributed by atoms with van der Waals surface area (Å²) in [5.41, 5.74) is 4.24. The molecule has 1 N–H and O–H groups in total. The zero-order valence-electron chi connectivity index (χ0n) is 26.2. The summed E-state index contributed by atoms with van der Waals surface area (Å²) in [5.74, 6) is 6.97. The van der Waals surface area contributed by atoms with E-state index in [0.29, 0.717) is 0 Å². The lowest BCUT2D eigenvalue weighted by atomic mass is 9.89. The molecular weight excluding hydrogens is 571 g/mol. The van der Waals surface area contributed by atoms with Gasteiger partial charge in [-0.3, -0.25) is 0 Å². The number of benzene rings is 3. The van der Waals surface area contributed by atoms with E-state index in [9.17, 15) is 0 Å². The fourth-order valence-corrected chi connectivity index (χ4v) is 7.41. The molecule has 43 heavy (non-hydrogen) atoms. The second-order valence-electron chi connectivity index (χ2n) is 11.3. The topological polar surface area (TPSA) is 37.0 Å². The molecule has 0 atom stereocenters. The molecule has 1 saturated heterocycles. The van der Waals surface area contributed by atoms with Gasteiger partial charge < -0.3 is 24.6 Å². The Labute approximate surface area is 269 Å². The van der Waals surface area contributed by atoms with Gasteiger partial charge in [-0.05, 0) is 92.3 Å². The monoisotopic (exact) mass is 621 g/mol. The number of rotatable bonds is 20. The second-order valence-corrected chi connectivity index (χ2v) is 13.5. The van der Waals surface area contributed by atoms with E-state index in [1.165, 1.54) is 62.1 Å². The van der Waals surface area contributed by atoms with Crippen LogP contribution in [-0.2, 0) is 11.5 Å². The van der Waals surface area contributed by atoms with Crippen LogP contribution in [0, 0.1) is 0 Å². The van der Waals surface area contributed by atoms with Crippen LogP contribution in [0.4, 0.5) is 0 Å².